The van der Waals surface area contributed by atoms with Crippen LogP contribution in [0.3, 0.4) is 0 Å². The molecule has 7 heteroatoms. The van der Waals surface area contributed by atoms with Gasteiger partial charge in [-0.15, -0.1) is 0 Å². The fourth-order valence-electron chi connectivity index (χ4n) is 0.801. The summed E-state index contributed by atoms with van der Waals surface area (Å²) in [6.07, 6.45) is 0. The van der Waals surface area contributed by atoms with Crippen molar-refractivity contribution in [3.8, 4) is 0 Å². The van der Waals surface area contributed by atoms with E-state index in [1.165, 1.54) is 6.92 Å². The third kappa shape index (κ3) is 2.56. The molecule has 0 aromatic carbocycles. The summed E-state index contributed by atoms with van der Waals surface area (Å²) in [5.41, 5.74) is -0.286. The summed E-state index contributed by atoms with van der Waals surface area (Å²) in [4.78, 5) is 10.4. The number of hydrogen-bond donors (Lipinski definition) is 1. The lowest BCUT2D eigenvalue weighted by atomic mass is 10.4. The van der Waals surface area contributed by atoms with Gasteiger partial charge in [0.1, 0.15) is 5.75 Å². The molecule has 1 heterocycles. The van der Waals surface area contributed by atoms with Crippen molar-refractivity contribution in [3.05, 3.63) is 17.5 Å². The summed E-state index contributed by atoms with van der Waals surface area (Å²) in [6.45, 7) is 1.50. The van der Waals surface area contributed by atoms with Crippen LogP contribution >= 0.6 is 0 Å². The zero-order chi connectivity index (χ0) is 10.8. The van der Waals surface area contributed by atoms with Crippen LogP contribution in [-0.2, 0) is 15.6 Å². The second-order valence-corrected chi connectivity index (χ2v) is 5.01. The Morgan fingerprint density at radius 3 is 2.71 bits per heavy atom. The molecule has 0 radical (unpaired) electrons. The van der Waals surface area contributed by atoms with Crippen LogP contribution < -0.4 is 0 Å². The Balaban J connectivity index is 2.84. The number of rotatable bonds is 4. The minimum Gasteiger partial charge on any atom is -0.476 e. The highest BCUT2D eigenvalue weighted by Gasteiger charge is 2.16. The molecule has 0 fully saturated rings. The lowest BCUT2D eigenvalue weighted by molar-refractivity contribution is 0.0685. The topological polar surface area (TPSA) is 97.5 Å². The number of carboxylic acid groups (broad SMARTS) is 1. The molecule has 78 valence electrons. The molecular formula is C7H9NO5S. The number of nitrogens with zero attached hydrogens (tertiary/aromatic N) is 1. The van der Waals surface area contributed by atoms with Gasteiger partial charge in [0.15, 0.2) is 21.3 Å². The maximum atomic E-state index is 11.1. The first-order chi connectivity index (χ1) is 6.44. The molecule has 0 amide bonds. The molecule has 1 N–H and O–H groups in total. The average Bonchev–Trinajstić information content (AvgIpc) is 2.52. The molecule has 0 saturated carbocycles. The van der Waals surface area contributed by atoms with E-state index in [9.17, 15) is 13.2 Å². The largest absolute Gasteiger partial charge is 0.476 e. The van der Waals surface area contributed by atoms with E-state index in [0.717, 1.165) is 6.07 Å². The molecule has 0 aliphatic rings. The van der Waals surface area contributed by atoms with Gasteiger partial charge in [0.05, 0.1) is 0 Å². The molecule has 0 spiro atoms. The van der Waals surface area contributed by atoms with Crippen molar-refractivity contribution in [1.82, 2.24) is 5.16 Å². The summed E-state index contributed by atoms with van der Waals surface area (Å²) in [5.74, 6) is -1.53. The second-order valence-electron chi connectivity index (χ2n) is 2.66. The van der Waals surface area contributed by atoms with E-state index in [1.54, 1.807) is 0 Å². The molecule has 1 aromatic rings. The fraction of sp³-hybridized carbons (Fsp3) is 0.429. The minimum absolute atomic E-state index is 0.0178. The van der Waals surface area contributed by atoms with Crippen molar-refractivity contribution in [1.29, 1.82) is 0 Å². The number of aromatic carboxylic acids is 1. The predicted octanol–water partition coefficient (Wildman–Crippen LogP) is 0.308. The third-order valence-electron chi connectivity index (χ3n) is 1.58. The Kier molecular flexibility index (Phi) is 2.90. The molecule has 1 rings (SSSR count). The SMILES string of the molecule is CCS(=O)(=O)Cc1cc(C(=O)O)no1. The second kappa shape index (κ2) is 3.79. The summed E-state index contributed by atoms with van der Waals surface area (Å²) >= 11 is 0. The van der Waals surface area contributed by atoms with Crippen LogP contribution in [0.5, 0.6) is 0 Å². The number of carbonyl (C=O) groups is 1. The van der Waals surface area contributed by atoms with Crippen molar-refractivity contribution in [2.75, 3.05) is 5.75 Å². The van der Waals surface area contributed by atoms with E-state index < -0.39 is 15.8 Å². The Bertz CT molecular complexity index is 433. The lowest BCUT2D eigenvalue weighted by Gasteiger charge is -1.94. The van der Waals surface area contributed by atoms with Crippen LogP contribution in [0.1, 0.15) is 23.2 Å². The van der Waals surface area contributed by atoms with Crippen molar-refractivity contribution < 1.29 is 22.8 Å². The molecule has 14 heavy (non-hydrogen) atoms. The third-order valence-corrected chi connectivity index (χ3v) is 3.18. The number of carboxylic acids is 1. The van der Waals surface area contributed by atoms with Gasteiger partial charge in [-0.2, -0.15) is 0 Å². The van der Waals surface area contributed by atoms with E-state index in [-0.39, 0.29) is 23.0 Å². The van der Waals surface area contributed by atoms with Gasteiger partial charge in [0, 0.05) is 11.8 Å². The number of sulfone groups is 1. The Morgan fingerprint density at radius 1 is 1.64 bits per heavy atom. The number of aromatic nitrogens is 1. The first kappa shape index (κ1) is 10.7. The van der Waals surface area contributed by atoms with Gasteiger partial charge >= 0.3 is 5.97 Å². The van der Waals surface area contributed by atoms with Crippen molar-refractivity contribution in [2.24, 2.45) is 0 Å². The molecule has 0 saturated heterocycles. The van der Waals surface area contributed by atoms with Gasteiger partial charge in [-0.25, -0.2) is 13.2 Å². The average molecular weight is 219 g/mol. The number of hydrogen-bond acceptors (Lipinski definition) is 5. The van der Waals surface area contributed by atoms with Crippen LogP contribution in [0.25, 0.3) is 0 Å². The highest BCUT2D eigenvalue weighted by molar-refractivity contribution is 7.90. The predicted molar refractivity (Wildman–Crippen MR) is 46.6 cm³/mol. The Hall–Kier alpha value is -1.37. The Morgan fingerprint density at radius 2 is 2.29 bits per heavy atom. The molecule has 1 aromatic heterocycles. The van der Waals surface area contributed by atoms with Crippen molar-refractivity contribution in [3.63, 3.8) is 0 Å². The Labute approximate surface area is 80.4 Å². The van der Waals surface area contributed by atoms with Crippen molar-refractivity contribution in [2.45, 2.75) is 12.7 Å². The van der Waals surface area contributed by atoms with E-state index >= 15 is 0 Å². The summed E-state index contributed by atoms with van der Waals surface area (Å²) in [5, 5.41) is 11.7. The maximum Gasteiger partial charge on any atom is 0.358 e. The molecule has 6 nitrogen and oxygen atoms in total. The maximum absolute atomic E-state index is 11.1. The minimum atomic E-state index is -3.21. The van der Waals surface area contributed by atoms with Crippen LogP contribution in [0.4, 0.5) is 0 Å². The quantitative estimate of drug-likeness (QED) is 0.782. The van der Waals surface area contributed by atoms with Crippen molar-refractivity contribution >= 4 is 15.8 Å². The monoisotopic (exact) mass is 219 g/mol. The van der Waals surface area contributed by atoms with Gasteiger partial charge in [-0.3, -0.25) is 0 Å². The van der Waals surface area contributed by atoms with E-state index in [4.69, 9.17) is 5.11 Å². The lowest BCUT2D eigenvalue weighted by Crippen LogP contribution is -2.05. The summed E-state index contributed by atoms with van der Waals surface area (Å²) in [7, 11) is -3.21. The normalized spacial score (nSPS) is 11.5. The highest BCUT2D eigenvalue weighted by atomic mass is 32.2. The zero-order valence-electron chi connectivity index (χ0n) is 7.43. The van der Waals surface area contributed by atoms with E-state index in [0.29, 0.717) is 0 Å². The molecule has 0 bridgehead atoms. The fourth-order valence-corrected chi connectivity index (χ4v) is 1.57. The first-order valence-electron chi connectivity index (χ1n) is 3.84. The first-order valence-corrected chi connectivity index (χ1v) is 5.66. The highest BCUT2D eigenvalue weighted by Crippen LogP contribution is 2.08. The van der Waals surface area contributed by atoms with E-state index in [1.807, 2.05) is 0 Å². The van der Waals surface area contributed by atoms with Gasteiger partial charge in [0.2, 0.25) is 0 Å². The van der Waals surface area contributed by atoms with Crippen LogP contribution in [0.2, 0.25) is 0 Å². The van der Waals surface area contributed by atoms with E-state index in [2.05, 4.69) is 9.68 Å². The van der Waals surface area contributed by atoms with Gasteiger partial charge in [-0.05, 0) is 0 Å². The van der Waals surface area contributed by atoms with Crippen LogP contribution in [-0.4, -0.2) is 30.4 Å². The zero-order valence-corrected chi connectivity index (χ0v) is 8.24. The molecular weight excluding hydrogens is 210 g/mol. The standard InChI is InChI=1S/C7H9NO5S/c1-2-14(11,12)4-5-3-6(7(9)10)8-13-5/h3H,2,4H2,1H3,(H,9,10). The van der Waals surface area contributed by atoms with Crippen LogP contribution in [0, 0.1) is 0 Å². The molecule has 0 unspecified atom stereocenters. The molecule has 0 atom stereocenters. The summed E-state index contributed by atoms with van der Waals surface area (Å²) < 4.78 is 26.8. The summed E-state index contributed by atoms with van der Waals surface area (Å²) in [6, 6.07) is 1.11. The van der Waals surface area contributed by atoms with Gasteiger partial charge in [0.25, 0.3) is 0 Å². The molecule has 0 aliphatic heterocycles. The van der Waals surface area contributed by atoms with Gasteiger partial charge in [-0.1, -0.05) is 12.1 Å². The van der Waals surface area contributed by atoms with Crippen LogP contribution in [0.15, 0.2) is 10.6 Å². The van der Waals surface area contributed by atoms with Gasteiger partial charge < -0.3 is 9.63 Å². The molecule has 0 aliphatic carbocycles. The smallest absolute Gasteiger partial charge is 0.358 e.